The van der Waals surface area contributed by atoms with Gasteiger partial charge in [0.1, 0.15) is 0 Å². The number of fused-ring (bicyclic) bond motifs is 1. The first-order chi connectivity index (χ1) is 12.0. The van der Waals surface area contributed by atoms with Crippen molar-refractivity contribution in [2.45, 2.75) is 51.4 Å². The van der Waals surface area contributed by atoms with Crippen molar-refractivity contribution < 1.29 is 9.90 Å². The van der Waals surface area contributed by atoms with Gasteiger partial charge >= 0.3 is 5.97 Å². The molecule has 0 saturated heterocycles. The Balaban J connectivity index is 2.19. The van der Waals surface area contributed by atoms with Gasteiger partial charge in [-0.15, -0.1) is 0 Å². The van der Waals surface area contributed by atoms with Crippen LogP contribution in [-0.4, -0.2) is 11.1 Å². The Morgan fingerprint density at radius 1 is 0.962 bits per heavy atom. The molecule has 3 heteroatoms. The number of aromatic carboxylic acids is 1. The topological polar surface area (TPSA) is 37.3 Å². The predicted octanol–water partition coefficient (Wildman–Crippen LogP) is 6.45. The highest BCUT2D eigenvalue weighted by atomic mass is 35.5. The van der Waals surface area contributed by atoms with Crippen molar-refractivity contribution in [3.8, 4) is 0 Å². The third-order valence-electron chi connectivity index (χ3n) is 5.75. The third kappa shape index (κ3) is 3.07. The van der Waals surface area contributed by atoms with E-state index in [4.69, 9.17) is 11.6 Å². The Kier molecular flexibility index (Phi) is 4.52. The second-order valence-corrected chi connectivity index (χ2v) is 8.88. The van der Waals surface area contributed by atoms with Crippen molar-refractivity contribution in [3.63, 3.8) is 0 Å². The molecule has 0 heterocycles. The minimum absolute atomic E-state index is 0.0524. The van der Waals surface area contributed by atoms with Gasteiger partial charge in [0.15, 0.2) is 0 Å². The molecule has 0 aromatic heterocycles. The Labute approximate surface area is 160 Å². The standard InChI is InChI=1S/C23H25ClO2/c1-14(15-8-6-7-9-16(15)21(25)26)17-12-18-19(13-20(17)24)23(4,5)11-10-22(18,2)3/h6-9,12-13H,1,10-11H2,2-5H3,(H,25,26). The summed E-state index contributed by atoms with van der Waals surface area (Å²) in [6.07, 6.45) is 2.22. The Morgan fingerprint density at radius 3 is 2.00 bits per heavy atom. The van der Waals surface area contributed by atoms with Gasteiger partial charge in [-0.2, -0.15) is 0 Å². The van der Waals surface area contributed by atoms with E-state index in [1.54, 1.807) is 18.2 Å². The van der Waals surface area contributed by atoms with Crippen LogP contribution in [0.1, 0.15) is 73.1 Å². The van der Waals surface area contributed by atoms with Crippen molar-refractivity contribution in [3.05, 3.63) is 75.8 Å². The largest absolute Gasteiger partial charge is 0.478 e. The molecule has 0 spiro atoms. The number of hydrogen-bond donors (Lipinski definition) is 1. The summed E-state index contributed by atoms with van der Waals surface area (Å²) in [5.74, 6) is -0.961. The molecule has 1 aliphatic rings. The zero-order valence-corrected chi connectivity index (χ0v) is 16.6. The zero-order valence-electron chi connectivity index (χ0n) is 15.8. The number of carboxylic acids is 1. The fraction of sp³-hybridized carbons (Fsp3) is 0.348. The van der Waals surface area contributed by atoms with Crippen LogP contribution >= 0.6 is 11.6 Å². The van der Waals surface area contributed by atoms with Gasteiger partial charge in [0.2, 0.25) is 0 Å². The molecule has 0 aliphatic heterocycles. The van der Waals surface area contributed by atoms with Gasteiger partial charge in [0.05, 0.1) is 5.56 Å². The van der Waals surface area contributed by atoms with E-state index in [0.29, 0.717) is 16.2 Å². The molecule has 2 nitrogen and oxygen atoms in total. The Morgan fingerprint density at radius 2 is 1.46 bits per heavy atom. The van der Waals surface area contributed by atoms with E-state index in [-0.39, 0.29) is 16.4 Å². The quantitative estimate of drug-likeness (QED) is 0.675. The average molecular weight is 369 g/mol. The van der Waals surface area contributed by atoms with Gasteiger partial charge < -0.3 is 5.11 Å². The summed E-state index contributed by atoms with van der Waals surface area (Å²) in [4.78, 5) is 11.6. The van der Waals surface area contributed by atoms with Gasteiger partial charge in [0, 0.05) is 10.6 Å². The highest BCUT2D eigenvalue weighted by Crippen LogP contribution is 2.48. The average Bonchev–Trinajstić information content (AvgIpc) is 2.58. The molecule has 26 heavy (non-hydrogen) atoms. The van der Waals surface area contributed by atoms with Crippen LogP contribution in [0.5, 0.6) is 0 Å². The number of benzene rings is 2. The molecule has 0 saturated carbocycles. The second kappa shape index (κ2) is 6.28. The smallest absolute Gasteiger partial charge is 0.336 e. The van der Waals surface area contributed by atoms with E-state index < -0.39 is 5.97 Å². The molecule has 3 rings (SSSR count). The maximum atomic E-state index is 11.6. The summed E-state index contributed by atoms with van der Waals surface area (Å²) < 4.78 is 0. The minimum atomic E-state index is -0.961. The van der Waals surface area contributed by atoms with E-state index in [0.717, 1.165) is 18.4 Å². The van der Waals surface area contributed by atoms with E-state index in [1.165, 1.54) is 11.1 Å². The molecule has 0 atom stereocenters. The van der Waals surface area contributed by atoms with Gasteiger partial charge in [-0.3, -0.25) is 0 Å². The number of hydrogen-bond acceptors (Lipinski definition) is 1. The summed E-state index contributed by atoms with van der Waals surface area (Å²) in [7, 11) is 0. The van der Waals surface area contributed by atoms with Gasteiger partial charge in [-0.05, 0) is 64.1 Å². The van der Waals surface area contributed by atoms with Crippen molar-refractivity contribution in [1.29, 1.82) is 0 Å². The molecule has 0 amide bonds. The van der Waals surface area contributed by atoms with Gasteiger partial charge in [0.25, 0.3) is 0 Å². The number of carbonyl (C=O) groups is 1. The first-order valence-corrected chi connectivity index (χ1v) is 9.29. The summed E-state index contributed by atoms with van der Waals surface area (Å²) in [5, 5.41) is 10.1. The van der Waals surface area contributed by atoms with Crippen LogP contribution in [0.4, 0.5) is 0 Å². The Bertz CT molecular complexity index is 906. The maximum Gasteiger partial charge on any atom is 0.336 e. The number of halogens is 1. The maximum absolute atomic E-state index is 11.6. The van der Waals surface area contributed by atoms with Crippen LogP contribution in [0, 0.1) is 0 Å². The van der Waals surface area contributed by atoms with Crippen LogP contribution in [0.2, 0.25) is 5.02 Å². The van der Waals surface area contributed by atoms with E-state index in [9.17, 15) is 9.90 Å². The van der Waals surface area contributed by atoms with Crippen molar-refractivity contribution >= 4 is 23.1 Å². The van der Waals surface area contributed by atoms with Gasteiger partial charge in [-0.1, -0.05) is 64.1 Å². The van der Waals surface area contributed by atoms with Crippen LogP contribution in [0.25, 0.3) is 5.57 Å². The summed E-state index contributed by atoms with van der Waals surface area (Å²) in [6.45, 7) is 13.2. The van der Waals surface area contributed by atoms with Crippen molar-refractivity contribution in [2.24, 2.45) is 0 Å². The van der Waals surface area contributed by atoms with E-state index in [2.05, 4.69) is 46.4 Å². The molecule has 2 aromatic carbocycles. The highest BCUT2D eigenvalue weighted by molar-refractivity contribution is 6.32. The zero-order chi connectivity index (χ0) is 19.3. The predicted molar refractivity (Wildman–Crippen MR) is 108 cm³/mol. The Hall–Kier alpha value is -2.06. The molecule has 0 unspecified atom stereocenters. The van der Waals surface area contributed by atoms with Crippen LogP contribution in [0.3, 0.4) is 0 Å². The number of carboxylic acid groups (broad SMARTS) is 1. The lowest BCUT2D eigenvalue weighted by Crippen LogP contribution is -2.34. The lowest BCUT2D eigenvalue weighted by molar-refractivity contribution is 0.0696. The minimum Gasteiger partial charge on any atom is -0.478 e. The molecular formula is C23H25ClO2. The summed E-state index contributed by atoms with van der Waals surface area (Å²) in [6, 6.07) is 11.1. The van der Waals surface area contributed by atoms with Gasteiger partial charge in [-0.25, -0.2) is 4.79 Å². The second-order valence-electron chi connectivity index (χ2n) is 8.47. The summed E-state index contributed by atoms with van der Waals surface area (Å²) in [5.41, 5.74) is 4.99. The van der Waals surface area contributed by atoms with Crippen LogP contribution in [-0.2, 0) is 10.8 Å². The fourth-order valence-electron chi connectivity index (χ4n) is 3.90. The van der Waals surface area contributed by atoms with E-state index in [1.807, 2.05) is 6.07 Å². The van der Waals surface area contributed by atoms with E-state index >= 15 is 0 Å². The van der Waals surface area contributed by atoms with Crippen molar-refractivity contribution in [1.82, 2.24) is 0 Å². The first-order valence-electron chi connectivity index (χ1n) is 8.91. The normalized spacial score (nSPS) is 17.4. The molecule has 0 fully saturated rings. The summed E-state index contributed by atoms with van der Waals surface area (Å²) >= 11 is 6.65. The lowest BCUT2D eigenvalue weighted by Gasteiger charge is -2.42. The molecule has 2 aromatic rings. The molecule has 1 aliphatic carbocycles. The molecular weight excluding hydrogens is 344 g/mol. The monoisotopic (exact) mass is 368 g/mol. The third-order valence-corrected chi connectivity index (χ3v) is 6.06. The lowest BCUT2D eigenvalue weighted by atomic mass is 9.63. The first kappa shape index (κ1) is 18.7. The van der Waals surface area contributed by atoms with Crippen molar-refractivity contribution in [2.75, 3.05) is 0 Å². The molecule has 1 N–H and O–H groups in total. The van der Waals surface area contributed by atoms with Crippen LogP contribution in [0.15, 0.2) is 43.0 Å². The fourth-order valence-corrected chi connectivity index (χ4v) is 4.17. The molecule has 0 bridgehead atoms. The SMILES string of the molecule is C=C(c1cc2c(cc1Cl)C(C)(C)CCC2(C)C)c1ccccc1C(=O)O. The highest BCUT2D eigenvalue weighted by Gasteiger charge is 2.37. The molecule has 136 valence electrons. The van der Waals surface area contributed by atoms with Crippen LogP contribution < -0.4 is 0 Å². The number of rotatable bonds is 3. The molecule has 0 radical (unpaired) electrons.